The van der Waals surface area contributed by atoms with Gasteiger partial charge >= 0.3 is 0 Å². The summed E-state index contributed by atoms with van der Waals surface area (Å²) in [5.74, 6) is -0.693. The van der Waals surface area contributed by atoms with Crippen LogP contribution in [0, 0.1) is 6.92 Å². The zero-order chi connectivity index (χ0) is 17.4. The van der Waals surface area contributed by atoms with Crippen molar-refractivity contribution < 1.29 is 14.6 Å². The Labute approximate surface area is 136 Å². The third kappa shape index (κ3) is 2.47. The van der Waals surface area contributed by atoms with Crippen molar-refractivity contribution in [1.82, 2.24) is 14.8 Å². The molecule has 8 nitrogen and oxygen atoms in total. The molecular weight excluding hydrogens is 312 g/mol. The zero-order valence-corrected chi connectivity index (χ0v) is 13.4. The Morgan fingerprint density at radius 3 is 2.88 bits per heavy atom. The van der Waals surface area contributed by atoms with Gasteiger partial charge < -0.3 is 20.1 Å². The lowest BCUT2D eigenvalue weighted by molar-refractivity contribution is 0.102. The van der Waals surface area contributed by atoms with Gasteiger partial charge in [-0.15, -0.1) is 0 Å². The van der Waals surface area contributed by atoms with E-state index in [4.69, 9.17) is 4.74 Å². The molecule has 1 amide bonds. The number of anilines is 1. The quantitative estimate of drug-likeness (QED) is 0.675. The minimum absolute atomic E-state index is 0.290. The highest BCUT2D eigenvalue weighted by atomic mass is 16.5. The van der Waals surface area contributed by atoms with E-state index in [-0.39, 0.29) is 5.56 Å². The molecule has 2 heterocycles. The maximum atomic E-state index is 12.5. The fourth-order valence-corrected chi connectivity index (χ4v) is 2.49. The Hall–Kier alpha value is -3.29. The van der Waals surface area contributed by atoms with E-state index in [0.29, 0.717) is 22.5 Å². The predicted octanol–water partition coefficient (Wildman–Crippen LogP) is 1.54. The number of ether oxygens (including phenoxy) is 1. The van der Waals surface area contributed by atoms with E-state index in [1.54, 1.807) is 19.2 Å². The third-order valence-electron chi connectivity index (χ3n) is 3.72. The molecule has 3 rings (SSSR count). The SMILES string of the molecule is COc1ccc(C)cc1NC(=O)c1c(O)c2cnn(C)c2[nH]c1=O. The smallest absolute Gasteiger partial charge is 0.266 e. The van der Waals surface area contributed by atoms with E-state index in [1.165, 1.54) is 18.0 Å². The van der Waals surface area contributed by atoms with Crippen LogP contribution in [0.1, 0.15) is 15.9 Å². The van der Waals surface area contributed by atoms with Crippen molar-refractivity contribution in [2.24, 2.45) is 7.05 Å². The number of carbonyl (C=O) groups excluding carboxylic acids is 1. The van der Waals surface area contributed by atoms with E-state index in [2.05, 4.69) is 15.4 Å². The zero-order valence-electron chi connectivity index (χ0n) is 13.4. The normalized spacial score (nSPS) is 10.8. The second kappa shape index (κ2) is 5.73. The Bertz CT molecular complexity index is 1000. The fourth-order valence-electron chi connectivity index (χ4n) is 2.49. The van der Waals surface area contributed by atoms with Gasteiger partial charge in [0.05, 0.1) is 24.4 Å². The largest absolute Gasteiger partial charge is 0.506 e. The van der Waals surface area contributed by atoms with Gasteiger partial charge in [-0.2, -0.15) is 5.10 Å². The summed E-state index contributed by atoms with van der Waals surface area (Å²) < 4.78 is 6.60. The van der Waals surface area contributed by atoms with Crippen LogP contribution in [-0.4, -0.2) is 32.9 Å². The number of carbonyl (C=O) groups is 1. The van der Waals surface area contributed by atoms with Crippen LogP contribution in [0.5, 0.6) is 11.5 Å². The molecule has 0 radical (unpaired) electrons. The standard InChI is InChI=1S/C16H16N4O4/c1-8-4-5-11(24-3)10(6-8)18-15(22)12-13(21)9-7-17-20(2)14(9)19-16(12)23/h4-7H,1-3H3,(H,18,22)(H2,19,21,23). The second-order valence-electron chi connectivity index (χ2n) is 5.37. The van der Waals surface area contributed by atoms with Crippen LogP contribution in [0.2, 0.25) is 0 Å². The summed E-state index contributed by atoms with van der Waals surface area (Å²) >= 11 is 0. The summed E-state index contributed by atoms with van der Waals surface area (Å²) in [6.07, 6.45) is 1.38. The van der Waals surface area contributed by atoms with Crippen molar-refractivity contribution in [3.8, 4) is 11.5 Å². The van der Waals surface area contributed by atoms with Crippen molar-refractivity contribution in [2.45, 2.75) is 6.92 Å². The van der Waals surface area contributed by atoms with Crippen LogP contribution < -0.4 is 15.6 Å². The molecule has 8 heteroatoms. The monoisotopic (exact) mass is 328 g/mol. The highest BCUT2D eigenvalue weighted by molar-refractivity contribution is 6.09. The molecule has 24 heavy (non-hydrogen) atoms. The fraction of sp³-hybridized carbons (Fsp3) is 0.188. The molecule has 2 aromatic heterocycles. The molecule has 3 N–H and O–H groups in total. The van der Waals surface area contributed by atoms with Crippen LogP contribution in [0.4, 0.5) is 5.69 Å². The van der Waals surface area contributed by atoms with Crippen LogP contribution in [0.25, 0.3) is 11.0 Å². The van der Waals surface area contributed by atoms with E-state index in [0.717, 1.165) is 5.56 Å². The summed E-state index contributed by atoms with van der Waals surface area (Å²) in [5, 5.41) is 17.2. The Kier molecular flexibility index (Phi) is 3.72. The highest BCUT2D eigenvalue weighted by Crippen LogP contribution is 2.28. The minimum Gasteiger partial charge on any atom is -0.506 e. The number of methoxy groups -OCH3 is 1. The van der Waals surface area contributed by atoms with Crippen LogP contribution in [-0.2, 0) is 7.05 Å². The predicted molar refractivity (Wildman–Crippen MR) is 88.7 cm³/mol. The summed E-state index contributed by atoms with van der Waals surface area (Å²) in [7, 11) is 3.10. The summed E-state index contributed by atoms with van der Waals surface area (Å²) in [4.78, 5) is 27.3. The van der Waals surface area contributed by atoms with Gasteiger partial charge in [0.2, 0.25) is 0 Å². The number of aromatic nitrogens is 3. The van der Waals surface area contributed by atoms with Gasteiger partial charge in [0.15, 0.2) is 0 Å². The number of benzene rings is 1. The first-order valence-corrected chi connectivity index (χ1v) is 7.15. The van der Waals surface area contributed by atoms with Crippen LogP contribution in [0.15, 0.2) is 29.2 Å². The van der Waals surface area contributed by atoms with Crippen molar-refractivity contribution in [3.63, 3.8) is 0 Å². The molecule has 0 fully saturated rings. The first-order chi connectivity index (χ1) is 11.4. The molecule has 0 bridgehead atoms. The number of nitrogens with zero attached hydrogens (tertiary/aromatic N) is 2. The lowest BCUT2D eigenvalue weighted by Gasteiger charge is -2.11. The lowest BCUT2D eigenvalue weighted by Crippen LogP contribution is -2.24. The first kappa shape index (κ1) is 15.6. The van der Waals surface area contributed by atoms with E-state index >= 15 is 0 Å². The van der Waals surface area contributed by atoms with Crippen LogP contribution >= 0.6 is 0 Å². The van der Waals surface area contributed by atoms with Gasteiger partial charge in [-0.1, -0.05) is 6.07 Å². The average molecular weight is 328 g/mol. The molecule has 0 saturated heterocycles. The maximum Gasteiger partial charge on any atom is 0.266 e. The molecule has 1 aromatic carbocycles. The van der Waals surface area contributed by atoms with Gasteiger partial charge in [0, 0.05) is 7.05 Å². The number of aromatic hydroxyl groups is 1. The van der Waals surface area contributed by atoms with Crippen LogP contribution in [0.3, 0.4) is 0 Å². The number of rotatable bonds is 3. The molecule has 0 atom stereocenters. The number of H-pyrrole nitrogens is 1. The lowest BCUT2D eigenvalue weighted by atomic mass is 10.1. The van der Waals surface area contributed by atoms with Crippen molar-refractivity contribution in [2.75, 3.05) is 12.4 Å². The van der Waals surface area contributed by atoms with Crippen molar-refractivity contribution in [3.05, 3.63) is 45.9 Å². The number of hydrogen-bond acceptors (Lipinski definition) is 5. The molecule has 0 saturated carbocycles. The Balaban J connectivity index is 2.07. The van der Waals surface area contributed by atoms with E-state index in [9.17, 15) is 14.7 Å². The Morgan fingerprint density at radius 2 is 2.17 bits per heavy atom. The van der Waals surface area contributed by atoms with Gasteiger partial charge in [-0.3, -0.25) is 14.3 Å². The molecule has 0 aliphatic heterocycles. The van der Waals surface area contributed by atoms with Gasteiger partial charge in [-0.25, -0.2) is 0 Å². The van der Waals surface area contributed by atoms with E-state index < -0.39 is 17.2 Å². The van der Waals surface area contributed by atoms with Gasteiger partial charge in [0.25, 0.3) is 11.5 Å². The summed E-state index contributed by atoms with van der Waals surface area (Å²) in [6.45, 7) is 1.86. The molecule has 0 spiro atoms. The first-order valence-electron chi connectivity index (χ1n) is 7.15. The molecule has 0 unspecified atom stereocenters. The minimum atomic E-state index is -0.733. The third-order valence-corrected chi connectivity index (χ3v) is 3.72. The molecular formula is C16H16N4O4. The molecule has 124 valence electrons. The topological polar surface area (TPSA) is 109 Å². The molecule has 3 aromatic rings. The number of aryl methyl sites for hydroxylation is 2. The van der Waals surface area contributed by atoms with Crippen molar-refractivity contribution in [1.29, 1.82) is 0 Å². The average Bonchev–Trinajstić information content (AvgIpc) is 2.89. The molecule has 0 aliphatic carbocycles. The summed E-state index contributed by atoms with van der Waals surface area (Å²) in [5.41, 5.74) is 0.577. The number of aromatic amines is 1. The highest BCUT2D eigenvalue weighted by Gasteiger charge is 2.21. The van der Waals surface area contributed by atoms with Gasteiger partial charge in [-0.05, 0) is 24.6 Å². The van der Waals surface area contributed by atoms with E-state index in [1.807, 2.05) is 13.0 Å². The maximum absolute atomic E-state index is 12.5. The number of nitrogens with one attached hydrogen (secondary N) is 2. The Morgan fingerprint density at radius 1 is 1.42 bits per heavy atom. The van der Waals surface area contributed by atoms with Crippen molar-refractivity contribution >= 4 is 22.6 Å². The number of fused-ring (bicyclic) bond motifs is 1. The second-order valence-corrected chi connectivity index (χ2v) is 5.37. The number of pyridine rings is 1. The van der Waals surface area contributed by atoms with Gasteiger partial charge in [0.1, 0.15) is 22.7 Å². The number of hydrogen-bond donors (Lipinski definition) is 3. The molecule has 0 aliphatic rings. The summed E-state index contributed by atoms with van der Waals surface area (Å²) in [6, 6.07) is 5.25. The number of amides is 1.